The van der Waals surface area contributed by atoms with Gasteiger partial charge in [-0.15, -0.1) is 0 Å². The zero-order chi connectivity index (χ0) is 12.6. The van der Waals surface area contributed by atoms with Gasteiger partial charge in [0.1, 0.15) is 6.17 Å². The predicted molar refractivity (Wildman–Crippen MR) is 57.4 cm³/mol. The molecule has 0 aliphatic carbocycles. The molecule has 0 saturated carbocycles. The van der Waals surface area contributed by atoms with Crippen LogP contribution in [-0.4, -0.2) is 29.6 Å². The maximum Gasteiger partial charge on any atom is 0.251 e. The van der Waals surface area contributed by atoms with Gasteiger partial charge in [-0.05, 0) is 0 Å². The number of rotatable bonds is 8. The van der Waals surface area contributed by atoms with E-state index in [2.05, 4.69) is 0 Å². The number of thioether (sulfide) groups is 1. The van der Waals surface area contributed by atoms with Gasteiger partial charge in [0.15, 0.2) is 5.12 Å². The Bertz CT molecular complexity index is 211. The summed E-state index contributed by atoms with van der Waals surface area (Å²) in [4.78, 5) is 10.8. The zero-order valence-corrected chi connectivity index (χ0v) is 9.96. The van der Waals surface area contributed by atoms with Crippen LogP contribution in [0.5, 0.6) is 0 Å². The molecule has 96 valence electrons. The van der Waals surface area contributed by atoms with Crippen LogP contribution in [0.2, 0.25) is 0 Å². The fraction of sp³-hybridized carbons (Fsp3) is 0.900. The first-order valence-electron chi connectivity index (χ1n) is 5.14. The van der Waals surface area contributed by atoms with E-state index in [1.54, 1.807) is 6.92 Å². The number of halogens is 4. The van der Waals surface area contributed by atoms with Crippen molar-refractivity contribution in [2.24, 2.45) is 0 Å². The highest BCUT2D eigenvalue weighted by Crippen LogP contribution is 2.28. The molecule has 0 amide bonds. The molecule has 0 spiro atoms. The Morgan fingerprint density at radius 3 is 2.56 bits per heavy atom. The van der Waals surface area contributed by atoms with Crippen LogP contribution in [0.3, 0.4) is 0 Å². The van der Waals surface area contributed by atoms with Crippen molar-refractivity contribution in [1.29, 1.82) is 0 Å². The van der Waals surface area contributed by atoms with Gasteiger partial charge in [-0.2, -0.15) is 0 Å². The number of hydrogen-bond acceptors (Lipinski definition) is 2. The van der Waals surface area contributed by atoms with Crippen LogP contribution < -0.4 is 0 Å². The Labute approximate surface area is 97.0 Å². The number of hydrogen-bond donors (Lipinski definition) is 0. The largest absolute Gasteiger partial charge is 0.287 e. The van der Waals surface area contributed by atoms with Crippen molar-refractivity contribution in [2.45, 2.75) is 44.7 Å². The van der Waals surface area contributed by atoms with E-state index in [1.807, 2.05) is 0 Å². The third kappa shape index (κ3) is 7.96. The second kappa shape index (κ2) is 7.92. The van der Waals surface area contributed by atoms with Gasteiger partial charge in [0, 0.05) is 31.4 Å². The van der Waals surface area contributed by atoms with E-state index in [-0.39, 0.29) is 10.9 Å². The molecule has 0 aliphatic heterocycles. The normalized spacial score (nSPS) is 13.8. The van der Waals surface area contributed by atoms with Gasteiger partial charge >= 0.3 is 0 Å². The van der Waals surface area contributed by atoms with E-state index in [0.29, 0.717) is 6.42 Å². The van der Waals surface area contributed by atoms with Gasteiger partial charge in [0.25, 0.3) is 5.92 Å². The molecule has 1 unspecified atom stereocenters. The molecule has 0 saturated heterocycles. The van der Waals surface area contributed by atoms with Crippen LogP contribution in [0.15, 0.2) is 0 Å². The molecular weight excluding hydrogens is 244 g/mol. The Balaban J connectivity index is 3.81. The van der Waals surface area contributed by atoms with Gasteiger partial charge in [-0.25, -0.2) is 13.2 Å². The highest BCUT2D eigenvalue weighted by atomic mass is 32.2. The van der Waals surface area contributed by atoms with Crippen LogP contribution in [0.25, 0.3) is 0 Å². The topological polar surface area (TPSA) is 17.1 Å². The zero-order valence-electron chi connectivity index (χ0n) is 9.15. The molecule has 0 rings (SSSR count). The third-order valence-corrected chi connectivity index (χ3v) is 2.98. The average molecular weight is 260 g/mol. The molecule has 0 heterocycles. The summed E-state index contributed by atoms with van der Waals surface area (Å²) in [5.41, 5.74) is 0. The molecule has 1 nitrogen and oxygen atoms in total. The summed E-state index contributed by atoms with van der Waals surface area (Å²) in [6.45, 7) is 0.715. The van der Waals surface area contributed by atoms with E-state index < -0.39 is 38.0 Å². The molecule has 0 aromatic carbocycles. The number of carbonyl (C=O) groups is 1. The van der Waals surface area contributed by atoms with Crippen LogP contribution >= 0.6 is 11.8 Å². The Morgan fingerprint density at radius 2 is 2.06 bits per heavy atom. The maximum absolute atomic E-state index is 13.1. The van der Waals surface area contributed by atoms with E-state index in [4.69, 9.17) is 0 Å². The average Bonchev–Trinajstić information content (AvgIpc) is 2.16. The molecular formula is C10H16F4OS. The molecule has 0 bridgehead atoms. The molecule has 0 aliphatic rings. The van der Waals surface area contributed by atoms with Crippen LogP contribution in [-0.2, 0) is 4.79 Å². The van der Waals surface area contributed by atoms with E-state index in [9.17, 15) is 22.4 Å². The lowest BCUT2D eigenvalue weighted by Gasteiger charge is -2.17. The minimum absolute atomic E-state index is 0.0258. The first kappa shape index (κ1) is 15.7. The molecule has 0 N–H and O–H groups in total. The summed E-state index contributed by atoms with van der Waals surface area (Å²) in [5.74, 6) is -3.18. The van der Waals surface area contributed by atoms with Crippen molar-refractivity contribution < 1.29 is 22.4 Å². The minimum atomic E-state index is -3.16. The summed E-state index contributed by atoms with van der Waals surface area (Å²) >= 11 is 0.828. The highest BCUT2D eigenvalue weighted by molar-refractivity contribution is 8.13. The summed E-state index contributed by atoms with van der Waals surface area (Å²) in [5, 5.41) is -0.156. The molecule has 1 atom stereocenters. The van der Waals surface area contributed by atoms with Crippen molar-refractivity contribution in [2.75, 3.05) is 12.4 Å². The summed E-state index contributed by atoms with van der Waals surface area (Å²) in [6, 6.07) is 0. The van der Waals surface area contributed by atoms with Gasteiger partial charge in [-0.1, -0.05) is 18.7 Å². The Morgan fingerprint density at radius 1 is 1.44 bits per heavy atom. The van der Waals surface area contributed by atoms with Crippen LogP contribution in [0, 0.1) is 0 Å². The van der Waals surface area contributed by atoms with E-state index >= 15 is 0 Å². The quantitative estimate of drug-likeness (QED) is 0.618. The van der Waals surface area contributed by atoms with Crippen molar-refractivity contribution in [3.05, 3.63) is 0 Å². The van der Waals surface area contributed by atoms with Crippen molar-refractivity contribution in [3.8, 4) is 0 Å². The Kier molecular flexibility index (Phi) is 7.80. The molecule has 0 aromatic heterocycles. The third-order valence-electron chi connectivity index (χ3n) is 1.96. The first-order valence-corrected chi connectivity index (χ1v) is 6.13. The Hall–Kier alpha value is -0.260. The highest BCUT2D eigenvalue weighted by Gasteiger charge is 2.32. The van der Waals surface area contributed by atoms with Crippen LogP contribution in [0.1, 0.15) is 32.6 Å². The fourth-order valence-electron chi connectivity index (χ4n) is 1.06. The molecule has 6 heteroatoms. The van der Waals surface area contributed by atoms with E-state index in [0.717, 1.165) is 11.8 Å². The molecule has 0 fully saturated rings. The fourth-order valence-corrected chi connectivity index (χ4v) is 1.90. The van der Waals surface area contributed by atoms with Crippen molar-refractivity contribution in [3.63, 3.8) is 0 Å². The monoisotopic (exact) mass is 260 g/mol. The van der Waals surface area contributed by atoms with E-state index in [1.165, 1.54) is 0 Å². The van der Waals surface area contributed by atoms with Gasteiger partial charge in [0.2, 0.25) is 0 Å². The molecule has 16 heavy (non-hydrogen) atoms. The minimum Gasteiger partial charge on any atom is -0.287 e. The second-order valence-electron chi connectivity index (χ2n) is 3.46. The molecule has 0 radical (unpaired) electrons. The van der Waals surface area contributed by atoms with Crippen molar-refractivity contribution >= 4 is 16.9 Å². The van der Waals surface area contributed by atoms with Gasteiger partial charge in [0.05, 0.1) is 6.67 Å². The lowest BCUT2D eigenvalue weighted by molar-refractivity contribution is -0.110. The van der Waals surface area contributed by atoms with Gasteiger partial charge < -0.3 is 0 Å². The summed E-state index contributed by atoms with van der Waals surface area (Å²) in [7, 11) is 0. The second-order valence-corrected chi connectivity index (χ2v) is 4.61. The standard InChI is InChI=1S/C10H16F4OS/c1-2-9(15)16-6-4-10(13,14)7-8(12)3-5-11/h8H,2-7H2,1H3. The summed E-state index contributed by atoms with van der Waals surface area (Å²) < 4.78 is 50.6. The maximum atomic E-state index is 13.1. The SMILES string of the molecule is CCC(=O)SCCC(F)(F)CC(F)CCF. The smallest absolute Gasteiger partial charge is 0.251 e. The summed E-state index contributed by atoms with van der Waals surface area (Å²) in [6.07, 6.45) is -3.51. The predicted octanol–water partition coefficient (Wildman–Crippen LogP) is 3.77. The number of alkyl halides is 4. The van der Waals surface area contributed by atoms with Crippen molar-refractivity contribution in [1.82, 2.24) is 0 Å². The lowest BCUT2D eigenvalue weighted by atomic mass is 10.1. The first-order chi connectivity index (χ1) is 7.41. The van der Waals surface area contributed by atoms with Gasteiger partial charge in [-0.3, -0.25) is 9.18 Å². The molecule has 0 aromatic rings. The lowest BCUT2D eigenvalue weighted by Crippen LogP contribution is -2.23. The number of carbonyl (C=O) groups excluding carboxylic acids is 1. The van der Waals surface area contributed by atoms with Crippen LogP contribution in [0.4, 0.5) is 17.6 Å².